The van der Waals surface area contributed by atoms with Crippen LogP contribution in [0.25, 0.3) is 0 Å². The summed E-state index contributed by atoms with van der Waals surface area (Å²) in [5.41, 5.74) is 2.78. The van der Waals surface area contributed by atoms with Crippen LogP contribution in [0.2, 0.25) is 5.02 Å². The first-order valence-corrected chi connectivity index (χ1v) is 14.8. The van der Waals surface area contributed by atoms with E-state index in [4.69, 9.17) is 11.6 Å². The van der Waals surface area contributed by atoms with Crippen LogP contribution >= 0.6 is 11.6 Å². The summed E-state index contributed by atoms with van der Waals surface area (Å²) < 4.78 is 28.8. The highest BCUT2D eigenvalue weighted by atomic mass is 35.5. The van der Waals surface area contributed by atoms with Gasteiger partial charge in [-0.25, -0.2) is 8.42 Å². The van der Waals surface area contributed by atoms with Crippen molar-refractivity contribution in [2.45, 2.75) is 58.0 Å². The number of unbranched alkanes of at least 4 members (excludes halogenated alkanes) is 1. The van der Waals surface area contributed by atoms with Gasteiger partial charge in [0, 0.05) is 18.1 Å². The molecule has 0 aromatic heterocycles. The maximum absolute atomic E-state index is 13.9. The zero-order chi connectivity index (χ0) is 28.6. The predicted octanol–water partition coefficient (Wildman–Crippen LogP) is 5.49. The maximum atomic E-state index is 13.9. The third-order valence-corrected chi connectivity index (χ3v) is 8.72. The molecule has 9 heteroatoms. The summed E-state index contributed by atoms with van der Waals surface area (Å²) in [6.45, 7) is 7.51. The van der Waals surface area contributed by atoms with E-state index in [1.807, 2.05) is 51.1 Å². The Morgan fingerprint density at radius 2 is 1.64 bits per heavy atom. The molecule has 0 unspecified atom stereocenters. The monoisotopic (exact) mass is 569 g/mol. The quantitative estimate of drug-likeness (QED) is 0.292. The minimum atomic E-state index is -4.14. The molecule has 3 rings (SSSR count). The minimum Gasteiger partial charge on any atom is -0.354 e. The van der Waals surface area contributed by atoms with Crippen LogP contribution in [0.5, 0.6) is 0 Å². The fraction of sp³-hybridized carbons (Fsp3) is 0.333. The number of sulfonamides is 1. The van der Waals surface area contributed by atoms with Crippen molar-refractivity contribution in [3.8, 4) is 0 Å². The Balaban J connectivity index is 2.01. The van der Waals surface area contributed by atoms with Gasteiger partial charge >= 0.3 is 0 Å². The SMILES string of the molecule is CCCCNC(=O)[C@H](C)N(Cc1ccccc1)C(=O)CN(c1ccc(C)c(Cl)c1)S(=O)(=O)c1ccc(C)cc1. The van der Waals surface area contributed by atoms with Crippen molar-refractivity contribution < 1.29 is 18.0 Å². The number of anilines is 1. The second kappa shape index (κ2) is 13.6. The molecule has 3 aromatic carbocycles. The van der Waals surface area contributed by atoms with Gasteiger partial charge in [-0.3, -0.25) is 13.9 Å². The van der Waals surface area contributed by atoms with Crippen molar-refractivity contribution in [3.05, 3.63) is 94.5 Å². The lowest BCUT2D eigenvalue weighted by molar-refractivity contribution is -0.139. The molecular formula is C30H36ClN3O4S. The molecule has 0 saturated heterocycles. The molecule has 3 aromatic rings. The number of nitrogens with one attached hydrogen (secondary N) is 1. The Labute approximate surface area is 236 Å². The number of halogens is 1. The predicted molar refractivity (Wildman–Crippen MR) is 156 cm³/mol. The smallest absolute Gasteiger partial charge is 0.264 e. The van der Waals surface area contributed by atoms with E-state index in [2.05, 4.69) is 5.32 Å². The summed E-state index contributed by atoms with van der Waals surface area (Å²) in [6, 6.07) is 19.8. The van der Waals surface area contributed by atoms with Crippen LogP contribution in [0.1, 0.15) is 43.4 Å². The van der Waals surface area contributed by atoms with Gasteiger partial charge in [-0.05, 0) is 62.6 Å². The van der Waals surface area contributed by atoms with Crippen LogP contribution in [0.4, 0.5) is 5.69 Å². The highest BCUT2D eigenvalue weighted by molar-refractivity contribution is 7.92. The van der Waals surface area contributed by atoms with E-state index in [0.29, 0.717) is 11.6 Å². The molecule has 0 saturated carbocycles. The topological polar surface area (TPSA) is 86.8 Å². The van der Waals surface area contributed by atoms with Gasteiger partial charge in [0.15, 0.2) is 0 Å². The number of hydrogen-bond donors (Lipinski definition) is 1. The number of benzene rings is 3. The number of aryl methyl sites for hydroxylation is 2. The normalized spacial score (nSPS) is 12.0. The second-order valence-corrected chi connectivity index (χ2v) is 11.9. The molecule has 0 spiro atoms. The Bertz CT molecular complexity index is 1380. The van der Waals surface area contributed by atoms with Gasteiger partial charge in [-0.1, -0.05) is 79.0 Å². The van der Waals surface area contributed by atoms with Gasteiger partial charge in [0.25, 0.3) is 10.0 Å². The fourth-order valence-corrected chi connectivity index (χ4v) is 5.58. The molecule has 7 nitrogen and oxygen atoms in total. The zero-order valence-corrected chi connectivity index (χ0v) is 24.4. The Hall–Kier alpha value is -3.36. The van der Waals surface area contributed by atoms with Gasteiger partial charge in [-0.15, -0.1) is 0 Å². The molecule has 0 radical (unpaired) electrons. The van der Waals surface area contributed by atoms with Crippen LogP contribution < -0.4 is 9.62 Å². The Morgan fingerprint density at radius 3 is 2.26 bits per heavy atom. The van der Waals surface area contributed by atoms with Crippen molar-refractivity contribution in [2.24, 2.45) is 0 Å². The lowest BCUT2D eigenvalue weighted by Gasteiger charge is -2.32. The van der Waals surface area contributed by atoms with Crippen LogP contribution in [0, 0.1) is 13.8 Å². The van der Waals surface area contributed by atoms with Gasteiger partial charge in [0.2, 0.25) is 11.8 Å². The molecule has 0 aliphatic carbocycles. The molecule has 0 bridgehead atoms. The average Bonchev–Trinajstić information content (AvgIpc) is 2.92. The number of amides is 2. The van der Waals surface area contributed by atoms with Crippen LogP contribution in [-0.4, -0.2) is 44.3 Å². The first kappa shape index (κ1) is 30.2. The third-order valence-electron chi connectivity index (χ3n) is 6.52. The van der Waals surface area contributed by atoms with Crippen LogP contribution in [0.3, 0.4) is 0 Å². The standard InChI is InChI=1S/C30H36ClN3O4S/c1-5-6-18-32-30(36)24(4)33(20-25-10-8-7-9-11-25)29(35)21-34(26-15-14-23(3)28(31)19-26)39(37,38)27-16-12-22(2)13-17-27/h7-17,19,24H,5-6,18,20-21H2,1-4H3,(H,32,36)/t24-/m0/s1. The maximum Gasteiger partial charge on any atom is 0.264 e. The van der Waals surface area contributed by atoms with Crippen LogP contribution in [-0.2, 0) is 26.2 Å². The number of hydrogen-bond acceptors (Lipinski definition) is 4. The van der Waals surface area contributed by atoms with E-state index in [9.17, 15) is 18.0 Å². The summed E-state index contributed by atoms with van der Waals surface area (Å²) >= 11 is 6.36. The lowest BCUT2D eigenvalue weighted by atomic mass is 10.1. The summed E-state index contributed by atoms with van der Waals surface area (Å²) in [4.78, 5) is 28.4. The highest BCUT2D eigenvalue weighted by Crippen LogP contribution is 2.28. The van der Waals surface area contributed by atoms with E-state index in [-0.39, 0.29) is 23.0 Å². The summed E-state index contributed by atoms with van der Waals surface area (Å²) in [5, 5.41) is 3.27. The van der Waals surface area contributed by atoms with E-state index in [0.717, 1.165) is 33.8 Å². The molecule has 1 N–H and O–H groups in total. The van der Waals surface area contributed by atoms with Crippen LogP contribution in [0.15, 0.2) is 77.7 Å². The fourth-order valence-electron chi connectivity index (χ4n) is 4.00. The minimum absolute atomic E-state index is 0.0533. The highest BCUT2D eigenvalue weighted by Gasteiger charge is 2.32. The van der Waals surface area contributed by atoms with Gasteiger partial charge in [0.05, 0.1) is 10.6 Å². The third kappa shape index (κ3) is 7.83. The molecule has 0 fully saturated rings. The second-order valence-electron chi connectivity index (χ2n) is 9.59. The van der Waals surface area contributed by atoms with E-state index in [1.165, 1.54) is 17.0 Å². The molecular weight excluding hydrogens is 534 g/mol. The van der Waals surface area contributed by atoms with E-state index in [1.54, 1.807) is 37.3 Å². The van der Waals surface area contributed by atoms with Gasteiger partial charge in [0.1, 0.15) is 12.6 Å². The van der Waals surface area contributed by atoms with E-state index < -0.39 is 28.5 Å². The molecule has 0 aliphatic heterocycles. The van der Waals surface area contributed by atoms with E-state index >= 15 is 0 Å². The lowest BCUT2D eigenvalue weighted by Crippen LogP contribution is -2.51. The van der Waals surface area contributed by atoms with Crippen molar-refractivity contribution in [2.75, 3.05) is 17.4 Å². The van der Waals surface area contributed by atoms with Crippen molar-refractivity contribution >= 4 is 39.1 Å². The van der Waals surface area contributed by atoms with Gasteiger partial charge < -0.3 is 10.2 Å². The van der Waals surface area contributed by atoms with Gasteiger partial charge in [-0.2, -0.15) is 0 Å². The number of rotatable bonds is 12. The largest absolute Gasteiger partial charge is 0.354 e. The molecule has 2 amide bonds. The molecule has 0 aliphatic rings. The summed E-state index contributed by atoms with van der Waals surface area (Å²) in [6.07, 6.45) is 1.74. The van der Waals surface area contributed by atoms with Crippen molar-refractivity contribution in [1.29, 1.82) is 0 Å². The summed E-state index contributed by atoms with van der Waals surface area (Å²) in [5.74, 6) is -0.802. The van der Waals surface area contributed by atoms with Crippen molar-refractivity contribution in [1.82, 2.24) is 10.2 Å². The van der Waals surface area contributed by atoms with Crippen molar-refractivity contribution in [3.63, 3.8) is 0 Å². The molecule has 1 atom stereocenters. The number of nitrogens with zero attached hydrogens (tertiary/aromatic N) is 2. The number of carbonyl (C=O) groups excluding carboxylic acids is 2. The first-order chi connectivity index (χ1) is 18.5. The zero-order valence-electron chi connectivity index (χ0n) is 22.9. The molecule has 208 valence electrons. The molecule has 0 heterocycles. The Kier molecular flexibility index (Phi) is 10.5. The summed E-state index contributed by atoms with van der Waals surface area (Å²) in [7, 11) is -4.14. The number of carbonyl (C=O) groups is 2. The molecule has 39 heavy (non-hydrogen) atoms. The average molecular weight is 570 g/mol. The Morgan fingerprint density at radius 1 is 0.974 bits per heavy atom. The first-order valence-electron chi connectivity index (χ1n) is 13.0.